The van der Waals surface area contributed by atoms with E-state index in [1.54, 1.807) is 25.1 Å². The van der Waals surface area contributed by atoms with E-state index in [4.69, 9.17) is 9.15 Å². The second-order valence-electron chi connectivity index (χ2n) is 9.70. The maximum Gasteiger partial charge on any atom is 0.344 e. The van der Waals surface area contributed by atoms with Gasteiger partial charge in [-0.2, -0.15) is 0 Å². The van der Waals surface area contributed by atoms with Crippen molar-refractivity contribution in [1.29, 1.82) is 0 Å². The number of hydrogen-bond acceptors (Lipinski definition) is 5. The summed E-state index contributed by atoms with van der Waals surface area (Å²) < 4.78 is 13.6. The van der Waals surface area contributed by atoms with Gasteiger partial charge in [-0.25, -0.2) is 4.79 Å². The predicted molar refractivity (Wildman–Crippen MR) is 133 cm³/mol. The van der Waals surface area contributed by atoms with Gasteiger partial charge in [0.15, 0.2) is 6.10 Å². The molecule has 4 heterocycles. The fourth-order valence-electron chi connectivity index (χ4n) is 5.76. The molecule has 0 spiro atoms. The van der Waals surface area contributed by atoms with E-state index in [-0.39, 0.29) is 23.3 Å². The van der Waals surface area contributed by atoms with E-state index < -0.39 is 11.7 Å². The number of likely N-dealkylation sites (tertiary alicyclic amines) is 1. The number of ether oxygens (including phenoxy) is 1. The number of amides is 1. The van der Waals surface area contributed by atoms with Crippen molar-refractivity contribution >= 4 is 27.6 Å². The van der Waals surface area contributed by atoms with Gasteiger partial charge >= 0.3 is 5.63 Å². The molecule has 0 aliphatic carbocycles. The second-order valence-corrected chi connectivity index (χ2v) is 9.70. The summed E-state index contributed by atoms with van der Waals surface area (Å²) in [5.74, 6) is 0.844. The number of carbonyl (C=O) groups is 1. The Morgan fingerprint density at radius 3 is 2.60 bits per heavy atom. The van der Waals surface area contributed by atoms with Gasteiger partial charge in [0, 0.05) is 48.3 Å². The highest BCUT2D eigenvalue weighted by Gasteiger charge is 2.37. The number of fused-ring (bicyclic) bond motifs is 7. The quantitative estimate of drug-likeness (QED) is 0.336. The number of hydrogen-bond donors (Lipinski definition) is 0. The predicted octanol–water partition coefficient (Wildman–Crippen LogP) is 3.83. The van der Waals surface area contributed by atoms with Crippen LogP contribution in [0.3, 0.4) is 0 Å². The van der Waals surface area contributed by atoms with Crippen LogP contribution < -0.4 is 15.9 Å². The van der Waals surface area contributed by atoms with Crippen LogP contribution in [0, 0.1) is 12.8 Å². The zero-order valence-electron chi connectivity index (χ0n) is 19.7. The van der Waals surface area contributed by atoms with E-state index in [0.29, 0.717) is 41.9 Å². The molecule has 0 unspecified atom stereocenters. The third kappa shape index (κ3) is 3.53. The lowest BCUT2D eigenvalue weighted by Crippen LogP contribution is -2.52. The number of piperidine rings is 1. The molecule has 6 rings (SSSR count). The topological polar surface area (TPSA) is 81.8 Å². The molecular weight excluding hydrogens is 444 g/mol. The number of aromatic nitrogens is 1. The molecule has 2 bridgehead atoms. The summed E-state index contributed by atoms with van der Waals surface area (Å²) in [6, 6.07) is 16.5. The summed E-state index contributed by atoms with van der Waals surface area (Å²) in [5.41, 5.74) is 1.80. The molecular formula is C28H26N2O5. The molecule has 1 fully saturated rings. The zero-order valence-corrected chi connectivity index (χ0v) is 19.7. The van der Waals surface area contributed by atoms with Crippen LogP contribution in [0.2, 0.25) is 0 Å². The fourth-order valence-corrected chi connectivity index (χ4v) is 5.76. The number of carbonyl (C=O) groups excluding carboxylic acids is 1. The van der Waals surface area contributed by atoms with Gasteiger partial charge in [-0.3, -0.25) is 9.59 Å². The number of pyridine rings is 1. The van der Waals surface area contributed by atoms with Crippen molar-refractivity contribution in [3.05, 3.63) is 86.6 Å². The van der Waals surface area contributed by atoms with E-state index in [2.05, 4.69) is 0 Å². The largest absolute Gasteiger partial charge is 0.480 e. The molecule has 2 aliphatic heterocycles. The first-order valence-corrected chi connectivity index (χ1v) is 12.0. The molecule has 7 heteroatoms. The van der Waals surface area contributed by atoms with E-state index >= 15 is 0 Å². The van der Waals surface area contributed by atoms with Crippen LogP contribution in [0.5, 0.6) is 5.75 Å². The molecule has 0 N–H and O–H groups in total. The Balaban J connectivity index is 1.26. The third-order valence-corrected chi connectivity index (χ3v) is 7.43. The number of nitrogens with zero attached hydrogens (tertiary/aromatic N) is 2. The molecule has 4 aromatic rings. The summed E-state index contributed by atoms with van der Waals surface area (Å²) >= 11 is 0. The highest BCUT2D eigenvalue weighted by molar-refractivity contribution is 6.05. The van der Waals surface area contributed by atoms with Crippen molar-refractivity contribution < 1.29 is 13.9 Å². The molecule has 0 radical (unpaired) electrons. The minimum absolute atomic E-state index is 0.0277. The molecule has 2 aromatic carbocycles. The van der Waals surface area contributed by atoms with Gasteiger partial charge in [-0.1, -0.05) is 24.3 Å². The van der Waals surface area contributed by atoms with Gasteiger partial charge in [0.1, 0.15) is 11.3 Å². The average Bonchev–Trinajstić information content (AvgIpc) is 2.86. The summed E-state index contributed by atoms with van der Waals surface area (Å²) in [6.45, 7) is 5.42. The molecule has 1 saturated heterocycles. The van der Waals surface area contributed by atoms with Crippen molar-refractivity contribution in [3.8, 4) is 5.75 Å². The summed E-state index contributed by atoms with van der Waals surface area (Å²) in [4.78, 5) is 40.0. The average molecular weight is 471 g/mol. The van der Waals surface area contributed by atoms with Crippen LogP contribution in [0.25, 0.3) is 21.7 Å². The lowest BCUT2D eigenvalue weighted by molar-refractivity contribution is -0.140. The highest BCUT2D eigenvalue weighted by Crippen LogP contribution is 2.36. The third-order valence-electron chi connectivity index (χ3n) is 7.43. The lowest BCUT2D eigenvalue weighted by atomic mass is 9.83. The normalized spacial score (nSPS) is 20.0. The molecule has 1 amide bonds. The van der Waals surface area contributed by atoms with Crippen molar-refractivity contribution in [2.75, 3.05) is 13.1 Å². The molecule has 7 nitrogen and oxygen atoms in total. The Morgan fingerprint density at radius 1 is 0.971 bits per heavy atom. The standard InChI is InChI=1S/C28H26N2O5/c1-16-24(11-10-21-20-6-3-4-7-22(20)28(33)35-26(16)21)34-17(2)27(32)29-13-18-12-19(15-29)23-8-5-9-25(31)30(23)14-18/h3-11,17-19H,12-15H2,1-2H3/t17-,18+,19+/m1/s1. The van der Waals surface area contributed by atoms with E-state index in [9.17, 15) is 14.4 Å². The van der Waals surface area contributed by atoms with Crippen LogP contribution in [0.4, 0.5) is 0 Å². The summed E-state index contributed by atoms with van der Waals surface area (Å²) in [5, 5.41) is 2.20. The van der Waals surface area contributed by atoms with Crippen LogP contribution in [-0.2, 0) is 11.3 Å². The van der Waals surface area contributed by atoms with Crippen LogP contribution in [-0.4, -0.2) is 34.6 Å². The van der Waals surface area contributed by atoms with Crippen molar-refractivity contribution in [1.82, 2.24) is 9.47 Å². The van der Waals surface area contributed by atoms with Gasteiger partial charge in [-0.05, 0) is 55.8 Å². The lowest BCUT2D eigenvalue weighted by Gasteiger charge is -2.43. The van der Waals surface area contributed by atoms with Crippen LogP contribution in [0.1, 0.15) is 30.5 Å². The first kappa shape index (κ1) is 21.6. The van der Waals surface area contributed by atoms with Crippen LogP contribution in [0.15, 0.2) is 68.6 Å². The van der Waals surface area contributed by atoms with Gasteiger partial charge < -0.3 is 18.6 Å². The van der Waals surface area contributed by atoms with Crippen molar-refractivity contribution in [3.63, 3.8) is 0 Å². The second kappa shape index (κ2) is 8.12. The SMILES string of the molecule is Cc1c(O[C@H](C)C(=O)N2C[C@@H]3C[C@@H](C2)c2cccc(=O)n2C3)ccc2c1oc(=O)c1ccccc12. The number of rotatable bonds is 3. The number of benzene rings is 2. The Hall–Kier alpha value is -3.87. The Morgan fingerprint density at radius 2 is 1.77 bits per heavy atom. The van der Waals surface area contributed by atoms with Gasteiger partial charge in [0.2, 0.25) is 0 Å². The molecule has 2 aliphatic rings. The van der Waals surface area contributed by atoms with Gasteiger partial charge in [0.25, 0.3) is 11.5 Å². The Bertz CT molecular complexity index is 1600. The minimum atomic E-state index is -0.699. The van der Waals surface area contributed by atoms with Gasteiger partial charge in [-0.15, -0.1) is 0 Å². The monoisotopic (exact) mass is 470 g/mol. The molecule has 2 aromatic heterocycles. The molecule has 3 atom stereocenters. The van der Waals surface area contributed by atoms with E-state index in [1.807, 2.05) is 52.8 Å². The Kier molecular flexibility index (Phi) is 5.02. The first-order valence-electron chi connectivity index (χ1n) is 12.0. The van der Waals surface area contributed by atoms with Crippen molar-refractivity contribution in [2.24, 2.45) is 5.92 Å². The Labute approximate surface area is 201 Å². The molecule has 35 heavy (non-hydrogen) atoms. The molecule has 0 saturated carbocycles. The summed E-state index contributed by atoms with van der Waals surface area (Å²) in [7, 11) is 0. The van der Waals surface area contributed by atoms with Gasteiger partial charge in [0.05, 0.1) is 5.39 Å². The fraction of sp³-hybridized carbons (Fsp3) is 0.321. The highest BCUT2D eigenvalue weighted by atomic mass is 16.5. The molecule has 178 valence electrons. The minimum Gasteiger partial charge on any atom is -0.480 e. The summed E-state index contributed by atoms with van der Waals surface area (Å²) in [6.07, 6.45) is 0.286. The maximum absolute atomic E-state index is 13.4. The van der Waals surface area contributed by atoms with E-state index in [1.165, 1.54) is 0 Å². The smallest absolute Gasteiger partial charge is 0.344 e. The van der Waals surface area contributed by atoms with E-state index in [0.717, 1.165) is 22.9 Å². The number of aryl methyl sites for hydroxylation is 1. The first-order chi connectivity index (χ1) is 16.9. The zero-order chi connectivity index (χ0) is 24.3. The maximum atomic E-state index is 13.4. The van der Waals surface area contributed by atoms with Crippen molar-refractivity contribution in [2.45, 2.75) is 38.8 Å². The van der Waals surface area contributed by atoms with Crippen LogP contribution >= 0.6 is 0 Å².